The van der Waals surface area contributed by atoms with Crippen molar-refractivity contribution in [3.05, 3.63) is 58.4 Å². The van der Waals surface area contributed by atoms with E-state index in [9.17, 15) is 4.79 Å². The molecule has 0 saturated heterocycles. The summed E-state index contributed by atoms with van der Waals surface area (Å²) in [6, 6.07) is 13.3. The molecule has 0 aliphatic rings. The molecule has 0 spiro atoms. The van der Waals surface area contributed by atoms with Crippen LogP contribution >= 0.6 is 0 Å². The van der Waals surface area contributed by atoms with Crippen molar-refractivity contribution in [3.8, 4) is 11.5 Å². The topological polar surface area (TPSA) is 68.7 Å². The second kappa shape index (κ2) is 7.48. The Morgan fingerprint density at radius 3 is 2.57 bits per heavy atom. The van der Waals surface area contributed by atoms with E-state index in [1.54, 1.807) is 13.2 Å². The Labute approximate surface area is 162 Å². The lowest BCUT2D eigenvalue weighted by molar-refractivity contribution is 0.185. The molecule has 0 saturated carbocycles. The van der Waals surface area contributed by atoms with Gasteiger partial charge in [-0.25, -0.2) is 9.78 Å². The van der Waals surface area contributed by atoms with Crippen LogP contribution in [-0.2, 0) is 11.3 Å². The van der Waals surface area contributed by atoms with Crippen molar-refractivity contribution < 1.29 is 13.6 Å². The van der Waals surface area contributed by atoms with Gasteiger partial charge in [0, 0.05) is 37.3 Å². The number of hydrogen-bond donors (Lipinski definition) is 0. The summed E-state index contributed by atoms with van der Waals surface area (Å²) in [7, 11) is 1.64. The summed E-state index contributed by atoms with van der Waals surface area (Å²) in [5, 5.41) is 0.827. The fourth-order valence-electron chi connectivity index (χ4n) is 3.38. The minimum atomic E-state index is -0.465. The van der Waals surface area contributed by atoms with Gasteiger partial charge in [-0.15, -0.1) is 0 Å². The molecule has 0 radical (unpaired) electrons. The van der Waals surface area contributed by atoms with Crippen LogP contribution in [0, 0.1) is 0 Å². The summed E-state index contributed by atoms with van der Waals surface area (Å²) in [5.74, 6) is 0.257. The fourth-order valence-corrected chi connectivity index (χ4v) is 3.38. The maximum absolute atomic E-state index is 12.6. The standard InChI is InChI=1S/C22H22N2O4/c1-4-24(5-2)16-8-7-15-11-17(22(25)28-19(15)12-16)21-23-18-9-6-14(13-26-3)10-20(18)27-21/h6-12H,4-5,13H2,1-3H3. The summed E-state index contributed by atoms with van der Waals surface area (Å²) < 4.78 is 16.6. The molecule has 2 aromatic carbocycles. The molecule has 4 aromatic rings. The molecule has 28 heavy (non-hydrogen) atoms. The van der Waals surface area contributed by atoms with Crippen molar-refractivity contribution in [1.29, 1.82) is 0 Å². The van der Waals surface area contributed by atoms with Crippen molar-refractivity contribution in [2.24, 2.45) is 0 Å². The van der Waals surface area contributed by atoms with Gasteiger partial charge in [-0.3, -0.25) is 0 Å². The quantitative estimate of drug-likeness (QED) is 0.457. The van der Waals surface area contributed by atoms with Gasteiger partial charge in [0.1, 0.15) is 16.7 Å². The summed E-state index contributed by atoms with van der Waals surface area (Å²) >= 11 is 0. The summed E-state index contributed by atoms with van der Waals surface area (Å²) in [5.41, 5.74) is 3.71. The van der Waals surface area contributed by atoms with Crippen molar-refractivity contribution in [3.63, 3.8) is 0 Å². The molecule has 144 valence electrons. The third-order valence-corrected chi connectivity index (χ3v) is 4.84. The monoisotopic (exact) mass is 378 g/mol. The second-order valence-corrected chi connectivity index (χ2v) is 6.60. The number of hydrogen-bond acceptors (Lipinski definition) is 6. The highest BCUT2D eigenvalue weighted by atomic mass is 16.5. The van der Waals surface area contributed by atoms with Gasteiger partial charge >= 0.3 is 5.63 Å². The van der Waals surface area contributed by atoms with Crippen molar-refractivity contribution in [2.75, 3.05) is 25.1 Å². The van der Waals surface area contributed by atoms with E-state index in [1.165, 1.54) is 0 Å². The van der Waals surface area contributed by atoms with Crippen LogP contribution in [0.2, 0.25) is 0 Å². The van der Waals surface area contributed by atoms with Crippen LogP contribution in [0.25, 0.3) is 33.5 Å². The first kappa shape index (κ1) is 18.3. The maximum atomic E-state index is 12.6. The number of anilines is 1. The third-order valence-electron chi connectivity index (χ3n) is 4.84. The number of ether oxygens (including phenoxy) is 1. The van der Waals surface area contributed by atoms with Crippen LogP contribution in [0.5, 0.6) is 0 Å². The number of aromatic nitrogens is 1. The minimum absolute atomic E-state index is 0.257. The number of benzene rings is 2. The van der Waals surface area contributed by atoms with Crippen LogP contribution in [0.3, 0.4) is 0 Å². The van der Waals surface area contributed by atoms with Gasteiger partial charge in [-0.05, 0) is 49.7 Å². The van der Waals surface area contributed by atoms with Gasteiger partial charge in [0.25, 0.3) is 0 Å². The fraction of sp³-hybridized carbons (Fsp3) is 0.273. The number of rotatable bonds is 6. The van der Waals surface area contributed by atoms with Gasteiger partial charge in [0.15, 0.2) is 5.58 Å². The first-order valence-corrected chi connectivity index (χ1v) is 9.34. The normalized spacial score (nSPS) is 11.4. The van der Waals surface area contributed by atoms with Crippen LogP contribution in [-0.4, -0.2) is 25.2 Å². The highest BCUT2D eigenvalue weighted by Gasteiger charge is 2.15. The first-order valence-electron chi connectivity index (χ1n) is 9.34. The minimum Gasteiger partial charge on any atom is -0.436 e. The van der Waals surface area contributed by atoms with Crippen molar-refractivity contribution >= 4 is 27.8 Å². The van der Waals surface area contributed by atoms with Crippen molar-refractivity contribution in [1.82, 2.24) is 4.98 Å². The lowest BCUT2D eigenvalue weighted by Crippen LogP contribution is -2.21. The maximum Gasteiger partial charge on any atom is 0.349 e. The van der Waals surface area contributed by atoms with E-state index in [1.807, 2.05) is 36.4 Å². The lowest BCUT2D eigenvalue weighted by atomic mass is 10.1. The molecule has 2 aromatic heterocycles. The smallest absolute Gasteiger partial charge is 0.349 e. The number of methoxy groups -OCH3 is 1. The van der Waals surface area contributed by atoms with Gasteiger partial charge in [0.05, 0.1) is 6.61 Å². The molecule has 0 aliphatic carbocycles. The SMILES string of the molecule is CCN(CC)c1ccc2cc(-c3nc4ccc(COC)cc4o3)c(=O)oc2c1. The number of nitrogens with zero attached hydrogens (tertiary/aromatic N) is 2. The van der Waals surface area contributed by atoms with Crippen LogP contribution in [0.4, 0.5) is 5.69 Å². The molecule has 6 nitrogen and oxygen atoms in total. The van der Waals surface area contributed by atoms with Crippen LogP contribution in [0.15, 0.2) is 56.1 Å². The van der Waals surface area contributed by atoms with Gasteiger partial charge in [-0.2, -0.15) is 0 Å². The largest absolute Gasteiger partial charge is 0.436 e. The Balaban J connectivity index is 1.78. The molecular formula is C22H22N2O4. The summed E-state index contributed by atoms with van der Waals surface area (Å²) in [6.07, 6.45) is 0. The van der Waals surface area contributed by atoms with E-state index in [2.05, 4.69) is 23.7 Å². The molecule has 0 fully saturated rings. The Kier molecular flexibility index (Phi) is 4.88. The van der Waals surface area contributed by atoms with Gasteiger partial charge in [-0.1, -0.05) is 6.07 Å². The van der Waals surface area contributed by atoms with E-state index in [0.29, 0.717) is 28.9 Å². The third kappa shape index (κ3) is 3.27. The van der Waals surface area contributed by atoms with Crippen molar-refractivity contribution in [2.45, 2.75) is 20.5 Å². The van der Waals surface area contributed by atoms with E-state index < -0.39 is 5.63 Å². The molecule has 6 heteroatoms. The number of fused-ring (bicyclic) bond motifs is 2. The Hall–Kier alpha value is -3.12. The predicted octanol–water partition coefficient (Wildman–Crippen LogP) is 4.59. The van der Waals surface area contributed by atoms with E-state index >= 15 is 0 Å². The molecule has 0 unspecified atom stereocenters. The molecule has 0 atom stereocenters. The molecule has 0 aliphatic heterocycles. The average Bonchev–Trinajstić information content (AvgIpc) is 3.11. The second-order valence-electron chi connectivity index (χ2n) is 6.60. The van der Waals surface area contributed by atoms with E-state index in [-0.39, 0.29) is 5.89 Å². The first-order chi connectivity index (χ1) is 13.6. The Morgan fingerprint density at radius 1 is 1.00 bits per heavy atom. The highest BCUT2D eigenvalue weighted by Crippen LogP contribution is 2.27. The zero-order valence-electron chi connectivity index (χ0n) is 16.2. The van der Waals surface area contributed by atoms with Crippen LogP contribution < -0.4 is 10.5 Å². The Morgan fingerprint density at radius 2 is 1.82 bits per heavy atom. The lowest BCUT2D eigenvalue weighted by Gasteiger charge is -2.20. The average molecular weight is 378 g/mol. The Bertz CT molecular complexity index is 1190. The highest BCUT2D eigenvalue weighted by molar-refractivity contribution is 5.84. The summed E-state index contributed by atoms with van der Waals surface area (Å²) in [6.45, 7) is 6.45. The van der Waals surface area contributed by atoms with Gasteiger partial charge in [0.2, 0.25) is 5.89 Å². The van der Waals surface area contributed by atoms with E-state index in [0.717, 1.165) is 29.7 Å². The molecule has 2 heterocycles. The zero-order chi connectivity index (χ0) is 19.7. The zero-order valence-corrected chi connectivity index (χ0v) is 16.2. The van der Waals surface area contributed by atoms with Crippen LogP contribution in [0.1, 0.15) is 19.4 Å². The molecule has 0 amide bonds. The molecular weight excluding hydrogens is 356 g/mol. The molecule has 4 rings (SSSR count). The number of oxazole rings is 1. The predicted molar refractivity (Wildman–Crippen MR) is 110 cm³/mol. The van der Waals surface area contributed by atoms with E-state index in [4.69, 9.17) is 13.6 Å². The molecule has 0 bridgehead atoms. The molecule has 0 N–H and O–H groups in total. The van der Waals surface area contributed by atoms with Gasteiger partial charge < -0.3 is 18.5 Å². The summed E-state index contributed by atoms with van der Waals surface area (Å²) in [4.78, 5) is 19.2.